The Balaban J connectivity index is 2.18. The lowest BCUT2D eigenvalue weighted by Gasteiger charge is -2.39. The summed E-state index contributed by atoms with van der Waals surface area (Å²) in [4.78, 5) is 23.8. The molecular weight excluding hydrogens is 306 g/mol. The third kappa shape index (κ3) is 4.15. The molecule has 0 saturated carbocycles. The van der Waals surface area contributed by atoms with Gasteiger partial charge in [-0.1, -0.05) is 13.8 Å². The van der Waals surface area contributed by atoms with Crippen LogP contribution in [-0.4, -0.2) is 29.5 Å². The van der Waals surface area contributed by atoms with Crippen LogP contribution in [0, 0.1) is 5.92 Å². The van der Waals surface area contributed by atoms with E-state index < -0.39 is 23.7 Å². The minimum Gasteiger partial charge on any atom is -0.484 e. The van der Waals surface area contributed by atoms with Crippen molar-refractivity contribution in [2.75, 3.05) is 0 Å². The lowest BCUT2D eigenvalue weighted by Crippen LogP contribution is -2.50. The fraction of sp³-hybridized carbons (Fsp3) is 0.579. The van der Waals surface area contributed by atoms with E-state index in [-0.39, 0.29) is 5.78 Å². The van der Waals surface area contributed by atoms with Gasteiger partial charge in [-0.3, -0.25) is 9.59 Å². The standard InChI is InChI=1S/C19H27NO4/c1-11(2)8-15(20)18(22)23-17-10-14-9-13(12(3)21)6-7-16(14)24-19(17,4)5/h6-7,9,11,15,17H,8,10,20H2,1-5H3/t15?,17-/m1/s1. The molecule has 5 nitrogen and oxygen atoms in total. The minimum atomic E-state index is -0.655. The van der Waals surface area contributed by atoms with Crippen LogP contribution in [0.3, 0.4) is 0 Å². The van der Waals surface area contributed by atoms with E-state index in [1.165, 1.54) is 6.92 Å². The average molecular weight is 333 g/mol. The topological polar surface area (TPSA) is 78.6 Å². The lowest BCUT2D eigenvalue weighted by atomic mass is 9.89. The number of ketones is 1. The van der Waals surface area contributed by atoms with Crippen LogP contribution >= 0.6 is 0 Å². The molecule has 0 aliphatic carbocycles. The molecule has 1 aromatic carbocycles. The van der Waals surface area contributed by atoms with E-state index in [1.54, 1.807) is 12.1 Å². The van der Waals surface area contributed by atoms with Gasteiger partial charge < -0.3 is 15.2 Å². The van der Waals surface area contributed by atoms with Gasteiger partial charge in [-0.05, 0) is 56.9 Å². The average Bonchev–Trinajstić information content (AvgIpc) is 2.46. The van der Waals surface area contributed by atoms with Gasteiger partial charge >= 0.3 is 5.97 Å². The van der Waals surface area contributed by atoms with Gasteiger partial charge in [0, 0.05) is 12.0 Å². The molecule has 0 spiro atoms. The van der Waals surface area contributed by atoms with Crippen molar-refractivity contribution in [1.82, 2.24) is 0 Å². The highest BCUT2D eigenvalue weighted by Crippen LogP contribution is 2.35. The second-order valence-electron chi connectivity index (χ2n) is 7.45. The largest absolute Gasteiger partial charge is 0.484 e. The minimum absolute atomic E-state index is 0.00451. The number of fused-ring (bicyclic) bond motifs is 1. The Kier molecular flexibility index (Phi) is 5.33. The van der Waals surface area contributed by atoms with Gasteiger partial charge in [0.1, 0.15) is 23.5 Å². The summed E-state index contributed by atoms with van der Waals surface area (Å²) in [5.41, 5.74) is 6.76. The monoisotopic (exact) mass is 333 g/mol. The predicted octanol–water partition coefficient (Wildman–Crippen LogP) is 2.89. The molecule has 0 amide bonds. The second kappa shape index (κ2) is 6.93. The van der Waals surface area contributed by atoms with Crippen molar-refractivity contribution in [1.29, 1.82) is 0 Å². The maximum atomic E-state index is 12.3. The van der Waals surface area contributed by atoms with Gasteiger partial charge in [-0.15, -0.1) is 0 Å². The smallest absolute Gasteiger partial charge is 0.323 e. The highest BCUT2D eigenvalue weighted by molar-refractivity contribution is 5.94. The molecule has 0 aromatic heterocycles. The molecule has 1 heterocycles. The molecule has 0 saturated heterocycles. The molecule has 2 N–H and O–H groups in total. The Morgan fingerprint density at radius 1 is 1.38 bits per heavy atom. The van der Waals surface area contributed by atoms with Gasteiger partial charge in [0.05, 0.1) is 0 Å². The zero-order chi connectivity index (χ0) is 18.1. The summed E-state index contributed by atoms with van der Waals surface area (Å²) in [5.74, 6) is 0.637. The van der Waals surface area contributed by atoms with Crippen molar-refractivity contribution in [3.8, 4) is 5.75 Å². The van der Waals surface area contributed by atoms with Crippen molar-refractivity contribution in [2.24, 2.45) is 11.7 Å². The van der Waals surface area contributed by atoms with E-state index >= 15 is 0 Å². The number of carbonyl (C=O) groups excluding carboxylic acids is 2. The second-order valence-corrected chi connectivity index (χ2v) is 7.45. The Hall–Kier alpha value is -1.88. The van der Waals surface area contributed by atoms with Gasteiger partial charge in [0.25, 0.3) is 0 Å². The number of hydrogen-bond acceptors (Lipinski definition) is 5. The van der Waals surface area contributed by atoms with Crippen LogP contribution in [0.4, 0.5) is 0 Å². The summed E-state index contributed by atoms with van der Waals surface area (Å²) in [7, 11) is 0. The van der Waals surface area contributed by atoms with Crippen molar-refractivity contribution in [2.45, 2.75) is 65.2 Å². The first-order chi connectivity index (χ1) is 11.1. The van der Waals surface area contributed by atoms with Gasteiger partial charge in [-0.2, -0.15) is 0 Å². The molecule has 2 atom stereocenters. The fourth-order valence-corrected chi connectivity index (χ4v) is 2.87. The van der Waals surface area contributed by atoms with Crippen molar-refractivity contribution < 1.29 is 19.1 Å². The van der Waals surface area contributed by atoms with E-state index in [0.29, 0.717) is 24.3 Å². The molecule has 1 unspecified atom stereocenters. The Bertz CT molecular complexity index is 636. The molecular formula is C19H27NO4. The van der Waals surface area contributed by atoms with Gasteiger partial charge in [0.2, 0.25) is 0 Å². The normalized spacial score (nSPS) is 20.0. The molecule has 0 bridgehead atoms. The third-order valence-electron chi connectivity index (χ3n) is 4.31. The van der Waals surface area contributed by atoms with Crippen LogP contribution in [0.15, 0.2) is 18.2 Å². The SMILES string of the molecule is CC(=O)c1ccc2c(c1)C[C@@H](OC(=O)C(N)CC(C)C)C(C)(C)O2. The summed E-state index contributed by atoms with van der Waals surface area (Å²) in [6, 6.07) is 4.73. The summed E-state index contributed by atoms with van der Waals surface area (Å²) in [6.45, 7) is 9.33. The number of hydrogen-bond donors (Lipinski definition) is 1. The summed E-state index contributed by atoms with van der Waals surface area (Å²) in [6.07, 6.45) is 0.638. The number of nitrogens with two attached hydrogens (primary N) is 1. The fourth-order valence-electron chi connectivity index (χ4n) is 2.87. The highest BCUT2D eigenvalue weighted by Gasteiger charge is 2.40. The Labute approximate surface area is 143 Å². The summed E-state index contributed by atoms with van der Waals surface area (Å²) >= 11 is 0. The zero-order valence-corrected chi connectivity index (χ0v) is 15.1. The van der Waals surface area contributed by atoms with Crippen molar-refractivity contribution in [3.63, 3.8) is 0 Å². The van der Waals surface area contributed by atoms with Crippen LogP contribution in [0.25, 0.3) is 0 Å². The van der Waals surface area contributed by atoms with E-state index in [2.05, 4.69) is 0 Å². The zero-order valence-electron chi connectivity index (χ0n) is 15.1. The number of ether oxygens (including phenoxy) is 2. The molecule has 5 heteroatoms. The summed E-state index contributed by atoms with van der Waals surface area (Å²) < 4.78 is 11.7. The van der Waals surface area contributed by atoms with Crippen molar-refractivity contribution >= 4 is 11.8 Å². The molecule has 1 aromatic rings. The van der Waals surface area contributed by atoms with Gasteiger partial charge in [-0.25, -0.2) is 0 Å². The van der Waals surface area contributed by atoms with Crippen molar-refractivity contribution in [3.05, 3.63) is 29.3 Å². The molecule has 2 rings (SSSR count). The van der Waals surface area contributed by atoms with E-state index in [1.807, 2.05) is 33.8 Å². The number of benzene rings is 1. The Morgan fingerprint density at radius 3 is 2.62 bits per heavy atom. The van der Waals surface area contributed by atoms with E-state index in [4.69, 9.17) is 15.2 Å². The maximum absolute atomic E-state index is 12.3. The molecule has 1 aliphatic rings. The predicted molar refractivity (Wildman–Crippen MR) is 92.2 cm³/mol. The highest BCUT2D eigenvalue weighted by atomic mass is 16.6. The lowest BCUT2D eigenvalue weighted by molar-refractivity contribution is -0.163. The van der Waals surface area contributed by atoms with E-state index in [0.717, 1.165) is 11.3 Å². The first-order valence-electron chi connectivity index (χ1n) is 8.39. The first kappa shape index (κ1) is 18.5. The number of carbonyl (C=O) groups is 2. The maximum Gasteiger partial charge on any atom is 0.323 e. The Morgan fingerprint density at radius 2 is 2.04 bits per heavy atom. The van der Waals surface area contributed by atoms with Crippen LogP contribution in [0.5, 0.6) is 5.75 Å². The van der Waals surface area contributed by atoms with Crippen LogP contribution < -0.4 is 10.5 Å². The van der Waals surface area contributed by atoms with E-state index in [9.17, 15) is 9.59 Å². The number of Topliss-reactive ketones (excluding diaryl/α,β-unsaturated/α-hetero) is 1. The van der Waals surface area contributed by atoms with Crippen LogP contribution in [0.1, 0.15) is 57.0 Å². The number of esters is 1. The van der Waals surface area contributed by atoms with Crippen LogP contribution in [0.2, 0.25) is 0 Å². The van der Waals surface area contributed by atoms with Gasteiger partial charge in [0.15, 0.2) is 5.78 Å². The van der Waals surface area contributed by atoms with Crippen LogP contribution in [-0.2, 0) is 16.0 Å². The number of rotatable bonds is 5. The quantitative estimate of drug-likeness (QED) is 0.662. The molecule has 0 radical (unpaired) electrons. The molecule has 1 aliphatic heterocycles. The molecule has 0 fully saturated rings. The summed E-state index contributed by atoms with van der Waals surface area (Å²) in [5, 5.41) is 0. The molecule has 24 heavy (non-hydrogen) atoms. The first-order valence-corrected chi connectivity index (χ1v) is 8.39. The third-order valence-corrected chi connectivity index (χ3v) is 4.31. The molecule has 132 valence electrons.